The average molecular weight is 302 g/mol. The van der Waals surface area contributed by atoms with Crippen molar-refractivity contribution in [3.05, 3.63) is 29.8 Å². The van der Waals surface area contributed by atoms with Gasteiger partial charge in [-0.2, -0.15) is 0 Å². The first-order chi connectivity index (χ1) is 9.46. The van der Waals surface area contributed by atoms with Crippen molar-refractivity contribution in [2.45, 2.75) is 18.9 Å². The summed E-state index contributed by atoms with van der Waals surface area (Å²) in [7, 11) is -2.91. The first-order valence-corrected chi connectivity index (χ1v) is 8.51. The second kappa shape index (κ2) is 6.60. The maximum absolute atomic E-state index is 12.7. The van der Waals surface area contributed by atoms with E-state index in [9.17, 15) is 17.9 Å². The summed E-state index contributed by atoms with van der Waals surface area (Å²) in [6, 6.07) is 2.73. The Hall–Kier alpha value is -1.05. The molecule has 20 heavy (non-hydrogen) atoms. The Balaban J connectivity index is 1.84. The molecule has 112 valence electrons. The van der Waals surface area contributed by atoms with E-state index in [1.807, 2.05) is 4.90 Å². The molecule has 1 fully saturated rings. The molecule has 1 atom stereocenters. The third-order valence-electron chi connectivity index (χ3n) is 3.46. The molecule has 2 rings (SSSR count). The molecule has 0 saturated carbocycles. The maximum atomic E-state index is 12.7. The van der Waals surface area contributed by atoms with Gasteiger partial charge in [0.05, 0.1) is 29.5 Å². The van der Waals surface area contributed by atoms with Gasteiger partial charge in [0.1, 0.15) is 5.82 Å². The van der Waals surface area contributed by atoms with Gasteiger partial charge >= 0.3 is 0 Å². The van der Waals surface area contributed by atoms with Crippen LogP contribution in [0, 0.1) is 5.82 Å². The maximum Gasteiger partial charge on any atom is 0.151 e. The molecule has 0 aliphatic carbocycles. The fourth-order valence-corrected chi connectivity index (χ4v) is 3.56. The van der Waals surface area contributed by atoms with Gasteiger partial charge in [-0.25, -0.2) is 12.8 Å². The van der Waals surface area contributed by atoms with Crippen molar-refractivity contribution in [3.63, 3.8) is 0 Å². The van der Waals surface area contributed by atoms with Crippen molar-refractivity contribution in [2.75, 3.05) is 31.1 Å². The van der Waals surface area contributed by atoms with E-state index in [0.29, 0.717) is 31.6 Å². The van der Waals surface area contributed by atoms with Crippen LogP contribution in [0.1, 0.15) is 24.6 Å². The molecule has 0 radical (unpaired) electrons. The first-order valence-electron chi connectivity index (χ1n) is 6.68. The quantitative estimate of drug-likeness (QED) is 0.889. The van der Waals surface area contributed by atoms with Crippen molar-refractivity contribution in [1.82, 2.24) is 9.88 Å². The fourth-order valence-electron chi connectivity index (χ4n) is 2.25. The lowest BCUT2D eigenvalue weighted by molar-refractivity contribution is 0.140. The Morgan fingerprint density at radius 2 is 2.15 bits per heavy atom. The fraction of sp³-hybridized carbons (Fsp3) is 0.615. The average Bonchev–Trinajstić information content (AvgIpc) is 2.58. The molecule has 1 aromatic heterocycles. The lowest BCUT2D eigenvalue weighted by Gasteiger charge is -2.20. The van der Waals surface area contributed by atoms with Crippen LogP contribution in [0.2, 0.25) is 0 Å². The zero-order chi connectivity index (χ0) is 14.6. The number of hydrogen-bond donors (Lipinski definition) is 1. The van der Waals surface area contributed by atoms with Crippen molar-refractivity contribution in [1.29, 1.82) is 0 Å². The molecule has 1 aliphatic rings. The minimum Gasteiger partial charge on any atom is -0.387 e. The van der Waals surface area contributed by atoms with Crippen LogP contribution in [0.5, 0.6) is 0 Å². The number of aliphatic hydroxyl groups is 1. The first kappa shape index (κ1) is 15.3. The molecule has 0 amide bonds. The molecular formula is C13H19FN2O3S. The number of aromatic nitrogens is 1. The molecular weight excluding hydrogens is 283 g/mol. The molecule has 7 heteroatoms. The van der Waals surface area contributed by atoms with E-state index in [1.54, 1.807) is 0 Å². The Morgan fingerprint density at radius 3 is 2.85 bits per heavy atom. The van der Waals surface area contributed by atoms with Crippen molar-refractivity contribution in [3.8, 4) is 0 Å². The van der Waals surface area contributed by atoms with Crippen LogP contribution in [0.25, 0.3) is 0 Å². The molecule has 1 aliphatic heterocycles. The van der Waals surface area contributed by atoms with Crippen molar-refractivity contribution in [2.24, 2.45) is 0 Å². The van der Waals surface area contributed by atoms with E-state index in [2.05, 4.69) is 4.98 Å². The van der Waals surface area contributed by atoms with Crippen LogP contribution in [0.15, 0.2) is 18.3 Å². The van der Waals surface area contributed by atoms with Crippen LogP contribution < -0.4 is 0 Å². The molecule has 0 spiro atoms. The standard InChI is InChI=1S/C13H19FN2O3S/c14-11-2-3-12(15-10-11)13(17)4-6-16-5-1-8-20(18,19)9-7-16/h2-3,10,13,17H,1,4-9H2. The summed E-state index contributed by atoms with van der Waals surface area (Å²) in [6.07, 6.45) is 1.42. The molecule has 0 bridgehead atoms. The third-order valence-corrected chi connectivity index (χ3v) is 5.17. The van der Waals surface area contributed by atoms with E-state index in [-0.39, 0.29) is 11.5 Å². The Labute approximate surface area is 118 Å². The minimum atomic E-state index is -2.91. The summed E-state index contributed by atoms with van der Waals surface area (Å²) in [5.74, 6) is -0.0117. The van der Waals surface area contributed by atoms with Gasteiger partial charge in [0.15, 0.2) is 9.84 Å². The number of hydrogen-bond acceptors (Lipinski definition) is 5. The number of halogens is 1. The van der Waals surface area contributed by atoms with Gasteiger partial charge in [-0.05, 0) is 31.5 Å². The van der Waals surface area contributed by atoms with E-state index >= 15 is 0 Å². The Kier molecular flexibility index (Phi) is 5.06. The van der Waals surface area contributed by atoms with Gasteiger partial charge in [-0.3, -0.25) is 4.98 Å². The highest BCUT2D eigenvalue weighted by atomic mass is 32.2. The molecule has 1 N–H and O–H groups in total. The van der Waals surface area contributed by atoms with Crippen molar-refractivity contribution >= 4 is 9.84 Å². The zero-order valence-corrected chi connectivity index (χ0v) is 12.0. The monoisotopic (exact) mass is 302 g/mol. The van der Waals surface area contributed by atoms with Crippen molar-refractivity contribution < 1.29 is 17.9 Å². The number of nitrogens with zero attached hydrogens (tertiary/aromatic N) is 2. The summed E-state index contributed by atoms with van der Waals surface area (Å²) in [5, 5.41) is 9.99. The number of pyridine rings is 1. The highest BCUT2D eigenvalue weighted by molar-refractivity contribution is 7.91. The van der Waals surface area contributed by atoms with Crippen LogP contribution in [-0.4, -0.2) is 54.5 Å². The predicted octanol–water partition coefficient (Wildman–Crippen LogP) is 0.765. The second-order valence-corrected chi connectivity index (χ2v) is 7.36. The summed E-state index contributed by atoms with van der Waals surface area (Å²) in [4.78, 5) is 5.88. The highest BCUT2D eigenvalue weighted by Crippen LogP contribution is 2.15. The summed E-state index contributed by atoms with van der Waals surface area (Å²) < 4.78 is 35.7. The second-order valence-electron chi connectivity index (χ2n) is 5.05. The van der Waals surface area contributed by atoms with Crippen LogP contribution in [-0.2, 0) is 9.84 Å². The Morgan fingerprint density at radius 1 is 1.35 bits per heavy atom. The van der Waals surface area contributed by atoms with E-state index in [1.165, 1.54) is 12.1 Å². The lowest BCUT2D eigenvalue weighted by atomic mass is 10.1. The van der Waals surface area contributed by atoms with E-state index in [0.717, 1.165) is 12.7 Å². The lowest BCUT2D eigenvalue weighted by Crippen LogP contribution is -2.29. The molecule has 2 heterocycles. The predicted molar refractivity (Wildman–Crippen MR) is 73.5 cm³/mol. The number of rotatable bonds is 4. The number of sulfone groups is 1. The molecule has 1 unspecified atom stereocenters. The summed E-state index contributed by atoms with van der Waals surface area (Å²) in [6.45, 7) is 1.84. The molecule has 1 aromatic rings. The van der Waals surface area contributed by atoms with E-state index in [4.69, 9.17) is 0 Å². The minimum absolute atomic E-state index is 0.178. The van der Waals surface area contributed by atoms with Gasteiger partial charge in [0.2, 0.25) is 0 Å². The summed E-state index contributed by atoms with van der Waals surface area (Å²) >= 11 is 0. The number of aliphatic hydroxyl groups excluding tert-OH is 1. The van der Waals surface area contributed by atoms with Crippen LogP contribution >= 0.6 is 0 Å². The summed E-state index contributed by atoms with van der Waals surface area (Å²) in [5.41, 5.74) is 0.439. The third kappa shape index (κ3) is 4.50. The van der Waals surface area contributed by atoms with Crippen LogP contribution in [0.3, 0.4) is 0 Å². The SMILES string of the molecule is O=S1(=O)CCCN(CCC(O)c2ccc(F)cn2)CC1. The van der Waals surface area contributed by atoms with Gasteiger partial charge in [0.25, 0.3) is 0 Å². The molecule has 0 aromatic carbocycles. The van der Waals surface area contributed by atoms with Gasteiger partial charge in [-0.15, -0.1) is 0 Å². The molecule has 1 saturated heterocycles. The normalized spacial score (nSPS) is 21.3. The van der Waals surface area contributed by atoms with Gasteiger partial charge < -0.3 is 10.0 Å². The smallest absolute Gasteiger partial charge is 0.151 e. The van der Waals surface area contributed by atoms with E-state index < -0.39 is 21.8 Å². The van der Waals surface area contributed by atoms with Gasteiger partial charge in [0, 0.05) is 13.1 Å². The largest absolute Gasteiger partial charge is 0.387 e. The zero-order valence-electron chi connectivity index (χ0n) is 11.2. The Bertz CT molecular complexity index is 533. The van der Waals surface area contributed by atoms with Gasteiger partial charge in [-0.1, -0.05) is 0 Å². The van der Waals surface area contributed by atoms with Crippen LogP contribution in [0.4, 0.5) is 4.39 Å². The highest BCUT2D eigenvalue weighted by Gasteiger charge is 2.20. The molecule has 5 nitrogen and oxygen atoms in total. The topological polar surface area (TPSA) is 70.5 Å².